The zero-order valence-corrected chi connectivity index (χ0v) is 12.5. The molecule has 0 aliphatic carbocycles. The van der Waals surface area contributed by atoms with Gasteiger partial charge in [0.15, 0.2) is 4.90 Å². The summed E-state index contributed by atoms with van der Waals surface area (Å²) < 4.78 is 31.9. The average molecular weight is 318 g/mol. The van der Waals surface area contributed by atoms with Gasteiger partial charge in [0.1, 0.15) is 0 Å². The fourth-order valence-corrected chi connectivity index (χ4v) is 3.01. The highest BCUT2D eigenvalue weighted by Gasteiger charge is 2.27. The molecular formula is C11H18N4O5S. The van der Waals surface area contributed by atoms with E-state index in [0.29, 0.717) is 6.61 Å². The summed E-state index contributed by atoms with van der Waals surface area (Å²) in [6, 6.07) is 3.02. The highest BCUT2D eigenvalue weighted by Crippen LogP contribution is 2.26. The van der Waals surface area contributed by atoms with Gasteiger partial charge in [-0.3, -0.25) is 16.0 Å². The summed E-state index contributed by atoms with van der Waals surface area (Å²) >= 11 is 0. The van der Waals surface area contributed by atoms with Crippen LogP contribution in [0.25, 0.3) is 0 Å². The number of hydrazine groups is 1. The molecule has 118 valence electrons. The van der Waals surface area contributed by atoms with E-state index in [0.717, 1.165) is 12.1 Å². The van der Waals surface area contributed by atoms with E-state index in [4.69, 9.17) is 10.6 Å². The van der Waals surface area contributed by atoms with Gasteiger partial charge in [-0.05, 0) is 26.0 Å². The Morgan fingerprint density at radius 3 is 2.67 bits per heavy atom. The van der Waals surface area contributed by atoms with E-state index in [1.165, 1.54) is 6.07 Å². The normalized spacial score (nSPS) is 12.9. The topological polar surface area (TPSA) is 137 Å². The zero-order valence-electron chi connectivity index (χ0n) is 11.7. The standard InChI is InChI=1S/C11H18N4O5S/c1-3-20-7-8(2)14-21(18,19)11-5-4-9(13-12)6-10(11)15(16)17/h4-6,8,13-14H,3,7,12H2,1-2H3. The van der Waals surface area contributed by atoms with Gasteiger partial charge in [-0.2, -0.15) is 0 Å². The Morgan fingerprint density at radius 2 is 2.14 bits per heavy atom. The van der Waals surface area contributed by atoms with E-state index in [-0.39, 0.29) is 12.3 Å². The van der Waals surface area contributed by atoms with Crippen LogP contribution in [0.15, 0.2) is 23.1 Å². The fourth-order valence-electron chi connectivity index (χ4n) is 1.63. The van der Waals surface area contributed by atoms with Gasteiger partial charge >= 0.3 is 0 Å². The van der Waals surface area contributed by atoms with Crippen molar-refractivity contribution in [3.05, 3.63) is 28.3 Å². The van der Waals surface area contributed by atoms with Crippen LogP contribution in [0, 0.1) is 10.1 Å². The molecule has 1 unspecified atom stereocenters. The predicted molar refractivity (Wildman–Crippen MR) is 77.2 cm³/mol. The van der Waals surface area contributed by atoms with E-state index in [9.17, 15) is 18.5 Å². The summed E-state index contributed by atoms with van der Waals surface area (Å²) in [5.41, 5.74) is 1.91. The molecule has 0 aliphatic heterocycles. The number of nitrogens with one attached hydrogen (secondary N) is 2. The van der Waals surface area contributed by atoms with E-state index >= 15 is 0 Å². The first-order valence-electron chi connectivity index (χ1n) is 6.17. The number of benzene rings is 1. The minimum absolute atomic E-state index is 0.173. The van der Waals surface area contributed by atoms with Crippen molar-refractivity contribution in [1.29, 1.82) is 0 Å². The number of nitro groups is 1. The smallest absolute Gasteiger partial charge is 0.291 e. The Kier molecular flexibility index (Phi) is 6.03. The minimum atomic E-state index is -4.03. The Labute approximate surface area is 122 Å². The van der Waals surface area contributed by atoms with Crippen LogP contribution in [-0.4, -0.2) is 32.6 Å². The molecule has 1 atom stereocenters. The molecule has 0 spiro atoms. The highest BCUT2D eigenvalue weighted by atomic mass is 32.2. The Bertz CT molecular complexity index is 605. The Hall–Kier alpha value is -1.75. The highest BCUT2D eigenvalue weighted by molar-refractivity contribution is 7.89. The van der Waals surface area contributed by atoms with Crippen LogP contribution in [0.1, 0.15) is 13.8 Å². The second-order valence-electron chi connectivity index (χ2n) is 4.27. The van der Waals surface area contributed by atoms with Crippen molar-refractivity contribution in [3.8, 4) is 0 Å². The van der Waals surface area contributed by atoms with Gasteiger partial charge in [-0.1, -0.05) is 0 Å². The molecule has 0 saturated heterocycles. The first-order chi connectivity index (χ1) is 9.81. The van der Waals surface area contributed by atoms with Crippen molar-refractivity contribution in [2.24, 2.45) is 5.84 Å². The van der Waals surface area contributed by atoms with Gasteiger partial charge in [0.2, 0.25) is 10.0 Å². The van der Waals surface area contributed by atoms with Gasteiger partial charge in [-0.25, -0.2) is 13.1 Å². The third-order valence-electron chi connectivity index (χ3n) is 2.54. The van der Waals surface area contributed by atoms with E-state index in [1.807, 2.05) is 0 Å². The van der Waals surface area contributed by atoms with E-state index in [1.54, 1.807) is 13.8 Å². The lowest BCUT2D eigenvalue weighted by Gasteiger charge is -2.14. The summed E-state index contributed by atoms with van der Waals surface area (Å²) in [6.07, 6.45) is 0. The molecule has 4 N–H and O–H groups in total. The number of hydrogen-bond acceptors (Lipinski definition) is 7. The largest absolute Gasteiger partial charge is 0.380 e. The third-order valence-corrected chi connectivity index (χ3v) is 4.18. The molecule has 0 aliphatic rings. The summed E-state index contributed by atoms with van der Waals surface area (Å²) in [5.74, 6) is 5.16. The van der Waals surface area contributed by atoms with Gasteiger partial charge in [-0.15, -0.1) is 0 Å². The van der Waals surface area contributed by atoms with E-state index in [2.05, 4.69) is 10.1 Å². The van der Waals surface area contributed by atoms with Crippen molar-refractivity contribution in [1.82, 2.24) is 4.72 Å². The molecule has 1 aromatic carbocycles. The van der Waals surface area contributed by atoms with Crippen molar-refractivity contribution in [2.45, 2.75) is 24.8 Å². The van der Waals surface area contributed by atoms with Gasteiger partial charge < -0.3 is 10.2 Å². The lowest BCUT2D eigenvalue weighted by atomic mass is 10.3. The molecule has 21 heavy (non-hydrogen) atoms. The lowest BCUT2D eigenvalue weighted by Crippen LogP contribution is -2.36. The number of sulfonamides is 1. The van der Waals surface area contributed by atoms with Crippen molar-refractivity contribution in [3.63, 3.8) is 0 Å². The molecule has 1 rings (SSSR count). The number of rotatable bonds is 8. The van der Waals surface area contributed by atoms with Gasteiger partial charge in [0, 0.05) is 18.7 Å². The molecular weight excluding hydrogens is 300 g/mol. The van der Waals surface area contributed by atoms with Gasteiger partial charge in [0.05, 0.1) is 17.2 Å². The van der Waals surface area contributed by atoms with Crippen LogP contribution in [0.3, 0.4) is 0 Å². The third kappa shape index (κ3) is 4.63. The molecule has 1 aromatic rings. The van der Waals surface area contributed by atoms with Crippen molar-refractivity contribution < 1.29 is 18.1 Å². The van der Waals surface area contributed by atoms with Crippen LogP contribution in [0.2, 0.25) is 0 Å². The summed E-state index contributed by atoms with van der Waals surface area (Å²) in [4.78, 5) is 9.82. The summed E-state index contributed by atoms with van der Waals surface area (Å²) in [7, 11) is -4.03. The number of ether oxygens (including phenoxy) is 1. The summed E-state index contributed by atoms with van der Waals surface area (Å²) in [5, 5.41) is 11.0. The van der Waals surface area contributed by atoms with E-state index < -0.39 is 31.6 Å². The number of nitrogen functional groups attached to an aromatic ring is 1. The molecule has 0 amide bonds. The monoisotopic (exact) mass is 318 g/mol. The van der Waals surface area contributed by atoms with Crippen LogP contribution < -0.4 is 16.0 Å². The number of nitrogens with two attached hydrogens (primary N) is 1. The Morgan fingerprint density at radius 1 is 1.48 bits per heavy atom. The molecule has 0 aromatic heterocycles. The first kappa shape index (κ1) is 17.3. The first-order valence-corrected chi connectivity index (χ1v) is 7.65. The predicted octanol–water partition coefficient (Wildman–Crippen LogP) is 0.584. The maximum absolute atomic E-state index is 12.2. The molecule has 10 heteroatoms. The Balaban J connectivity index is 3.10. The maximum atomic E-state index is 12.2. The second kappa shape index (κ2) is 7.31. The molecule has 0 radical (unpaired) electrons. The lowest BCUT2D eigenvalue weighted by molar-refractivity contribution is -0.387. The van der Waals surface area contributed by atoms with Crippen LogP contribution >= 0.6 is 0 Å². The second-order valence-corrected chi connectivity index (χ2v) is 5.95. The molecule has 0 fully saturated rings. The number of nitrogens with zero attached hydrogens (tertiary/aromatic N) is 1. The maximum Gasteiger partial charge on any atom is 0.291 e. The minimum Gasteiger partial charge on any atom is -0.380 e. The molecule has 0 saturated carbocycles. The fraction of sp³-hybridized carbons (Fsp3) is 0.455. The number of nitro benzene ring substituents is 1. The molecule has 0 bridgehead atoms. The zero-order chi connectivity index (χ0) is 16.0. The number of hydrogen-bond donors (Lipinski definition) is 3. The van der Waals surface area contributed by atoms with Crippen molar-refractivity contribution >= 4 is 21.4 Å². The summed E-state index contributed by atoms with van der Waals surface area (Å²) in [6.45, 7) is 4.01. The van der Waals surface area contributed by atoms with Crippen LogP contribution in [0.5, 0.6) is 0 Å². The van der Waals surface area contributed by atoms with Crippen molar-refractivity contribution in [2.75, 3.05) is 18.6 Å². The number of anilines is 1. The van der Waals surface area contributed by atoms with Crippen LogP contribution in [0.4, 0.5) is 11.4 Å². The molecule has 0 heterocycles. The molecule has 9 nitrogen and oxygen atoms in total. The van der Waals surface area contributed by atoms with Gasteiger partial charge in [0.25, 0.3) is 5.69 Å². The SMILES string of the molecule is CCOCC(C)NS(=O)(=O)c1ccc(NN)cc1[N+](=O)[O-]. The quantitative estimate of drug-likeness (QED) is 0.362. The van der Waals surface area contributed by atoms with Crippen LogP contribution in [-0.2, 0) is 14.8 Å². The average Bonchev–Trinajstić information content (AvgIpc) is 2.43.